The van der Waals surface area contributed by atoms with Crippen molar-refractivity contribution in [3.8, 4) is 5.75 Å². The van der Waals surface area contributed by atoms with E-state index in [1.54, 1.807) is 0 Å². The van der Waals surface area contributed by atoms with Crippen molar-refractivity contribution in [1.82, 2.24) is 4.72 Å². The number of carbonyl (C=O) groups is 1. The van der Waals surface area contributed by atoms with Gasteiger partial charge in [-0.3, -0.25) is 4.79 Å². The Labute approximate surface area is 136 Å². The molecular weight excluding hydrogens is 320 g/mol. The second kappa shape index (κ2) is 6.86. The van der Waals surface area contributed by atoms with Crippen molar-refractivity contribution < 1.29 is 23.1 Å². The lowest BCUT2D eigenvalue weighted by Crippen LogP contribution is -2.32. The monoisotopic (exact) mass is 342 g/mol. The number of carbonyl (C=O) groups excluding carboxylic acids is 1. The molecule has 128 valence electrons. The van der Waals surface area contributed by atoms with Gasteiger partial charge in [-0.1, -0.05) is 13.8 Å². The van der Waals surface area contributed by atoms with Crippen molar-refractivity contribution in [1.29, 1.82) is 0 Å². The first-order valence-electron chi connectivity index (χ1n) is 7.45. The van der Waals surface area contributed by atoms with E-state index in [0.717, 1.165) is 0 Å². The summed E-state index contributed by atoms with van der Waals surface area (Å²) in [4.78, 5) is 12.1. The van der Waals surface area contributed by atoms with Crippen molar-refractivity contribution in [3.05, 3.63) is 18.2 Å². The zero-order valence-electron chi connectivity index (χ0n) is 13.4. The van der Waals surface area contributed by atoms with Gasteiger partial charge in [0.25, 0.3) is 0 Å². The fraction of sp³-hybridized carbons (Fsp3) is 0.533. The van der Waals surface area contributed by atoms with Gasteiger partial charge in [0.2, 0.25) is 15.9 Å². The number of benzene rings is 1. The quantitative estimate of drug-likeness (QED) is 0.700. The third-order valence-corrected chi connectivity index (χ3v) is 5.36. The first-order chi connectivity index (χ1) is 10.8. The van der Waals surface area contributed by atoms with Crippen molar-refractivity contribution in [2.45, 2.75) is 31.3 Å². The first kappa shape index (κ1) is 17.7. The van der Waals surface area contributed by atoms with Crippen LogP contribution in [0.2, 0.25) is 0 Å². The van der Waals surface area contributed by atoms with Crippen molar-refractivity contribution >= 4 is 21.6 Å². The summed E-state index contributed by atoms with van der Waals surface area (Å²) in [5, 5.41) is 12.4. The van der Waals surface area contributed by atoms with Gasteiger partial charge >= 0.3 is 0 Å². The number of phenolic OH excluding ortho intramolecular Hbond substituents is 1. The summed E-state index contributed by atoms with van der Waals surface area (Å²) >= 11 is 0. The summed E-state index contributed by atoms with van der Waals surface area (Å²) in [6, 6.07) is 3.94. The van der Waals surface area contributed by atoms with E-state index in [1.165, 1.54) is 25.2 Å². The summed E-state index contributed by atoms with van der Waals surface area (Å²) < 4.78 is 31.4. The molecule has 1 heterocycles. The number of hydrogen-bond acceptors (Lipinski definition) is 5. The Morgan fingerprint density at radius 2 is 2.09 bits per heavy atom. The third kappa shape index (κ3) is 3.82. The molecule has 8 heteroatoms. The van der Waals surface area contributed by atoms with Gasteiger partial charge in [-0.05, 0) is 37.6 Å². The van der Waals surface area contributed by atoms with Crippen LogP contribution in [0, 0.1) is 11.8 Å². The fourth-order valence-corrected chi connectivity index (χ4v) is 3.55. The zero-order valence-corrected chi connectivity index (χ0v) is 14.2. The fourth-order valence-electron chi connectivity index (χ4n) is 2.70. The molecule has 1 aliphatic rings. The van der Waals surface area contributed by atoms with E-state index in [-0.39, 0.29) is 34.5 Å². The van der Waals surface area contributed by atoms with Crippen LogP contribution >= 0.6 is 0 Å². The standard InChI is InChI=1S/C15H22N2O5S/c1-9(2)14-11(6-7-22-14)15(19)17-10-4-5-12(18)13(8-10)23(20,21)16-3/h4-5,8-9,11,14,16,18H,6-7H2,1-3H3,(H,17,19). The number of phenols is 1. The van der Waals surface area contributed by atoms with Crippen LogP contribution in [0.4, 0.5) is 5.69 Å². The number of hydrogen-bond donors (Lipinski definition) is 3. The molecule has 1 aromatic rings. The molecule has 2 unspecified atom stereocenters. The van der Waals surface area contributed by atoms with Gasteiger partial charge in [0.05, 0.1) is 12.0 Å². The number of rotatable bonds is 5. The third-order valence-electron chi connectivity index (χ3n) is 3.92. The summed E-state index contributed by atoms with van der Waals surface area (Å²) in [6.45, 7) is 4.53. The Kier molecular flexibility index (Phi) is 5.28. The minimum Gasteiger partial charge on any atom is -0.507 e. The topological polar surface area (TPSA) is 105 Å². The highest BCUT2D eigenvalue weighted by Gasteiger charge is 2.36. The molecule has 23 heavy (non-hydrogen) atoms. The zero-order chi connectivity index (χ0) is 17.2. The summed E-state index contributed by atoms with van der Waals surface area (Å²) in [7, 11) is -2.55. The molecule has 0 aromatic heterocycles. The molecule has 1 aromatic carbocycles. The van der Waals surface area contributed by atoms with E-state index in [1.807, 2.05) is 13.8 Å². The molecule has 2 rings (SSSR count). The molecule has 3 N–H and O–H groups in total. The summed E-state index contributed by atoms with van der Waals surface area (Å²) in [5.74, 6) is -0.636. The number of sulfonamides is 1. The Morgan fingerprint density at radius 1 is 1.39 bits per heavy atom. The van der Waals surface area contributed by atoms with Gasteiger partial charge in [0, 0.05) is 12.3 Å². The molecule has 7 nitrogen and oxygen atoms in total. The summed E-state index contributed by atoms with van der Waals surface area (Å²) in [5.41, 5.74) is 0.316. The Hall–Kier alpha value is -1.64. The molecule has 0 bridgehead atoms. The highest BCUT2D eigenvalue weighted by molar-refractivity contribution is 7.89. The Morgan fingerprint density at radius 3 is 2.70 bits per heavy atom. The molecule has 0 spiro atoms. The van der Waals surface area contributed by atoms with Gasteiger partial charge < -0.3 is 15.2 Å². The molecule has 1 amide bonds. The maximum absolute atomic E-state index is 12.4. The molecule has 0 saturated carbocycles. The minimum atomic E-state index is -3.81. The van der Waals surface area contributed by atoms with Crippen LogP contribution in [0.1, 0.15) is 20.3 Å². The first-order valence-corrected chi connectivity index (χ1v) is 8.93. The van der Waals surface area contributed by atoms with E-state index in [9.17, 15) is 18.3 Å². The molecule has 1 fully saturated rings. The molecular formula is C15H22N2O5S. The lowest BCUT2D eigenvalue weighted by Gasteiger charge is -2.21. The van der Waals surface area contributed by atoms with Crippen LogP contribution in [0.15, 0.2) is 23.1 Å². The van der Waals surface area contributed by atoms with Crippen LogP contribution in [-0.2, 0) is 19.6 Å². The predicted molar refractivity (Wildman–Crippen MR) is 85.7 cm³/mol. The smallest absolute Gasteiger partial charge is 0.244 e. The van der Waals surface area contributed by atoms with E-state index in [4.69, 9.17) is 4.74 Å². The lowest BCUT2D eigenvalue weighted by atomic mass is 9.92. The van der Waals surface area contributed by atoms with Crippen molar-refractivity contribution in [2.75, 3.05) is 19.0 Å². The van der Waals surface area contributed by atoms with Gasteiger partial charge in [-0.15, -0.1) is 0 Å². The Bertz CT molecular complexity index is 687. The summed E-state index contributed by atoms with van der Waals surface area (Å²) in [6.07, 6.45) is 0.488. The number of nitrogens with one attached hydrogen (secondary N) is 2. The Balaban J connectivity index is 2.21. The number of amides is 1. The largest absolute Gasteiger partial charge is 0.507 e. The van der Waals surface area contributed by atoms with E-state index < -0.39 is 10.0 Å². The molecule has 0 radical (unpaired) electrons. The van der Waals surface area contributed by atoms with Crippen LogP contribution in [0.3, 0.4) is 0 Å². The predicted octanol–water partition coefficient (Wildman–Crippen LogP) is 1.30. The van der Waals surface area contributed by atoms with Gasteiger partial charge in [-0.2, -0.15) is 0 Å². The number of anilines is 1. The second-order valence-corrected chi connectivity index (χ2v) is 7.71. The number of ether oxygens (including phenoxy) is 1. The SMILES string of the molecule is CNS(=O)(=O)c1cc(NC(=O)C2CCOC2C(C)C)ccc1O. The maximum atomic E-state index is 12.4. The van der Waals surface area contributed by atoms with Crippen LogP contribution in [0.25, 0.3) is 0 Å². The highest BCUT2D eigenvalue weighted by Crippen LogP contribution is 2.30. The van der Waals surface area contributed by atoms with E-state index in [0.29, 0.717) is 18.7 Å². The molecule has 0 aliphatic carbocycles. The van der Waals surface area contributed by atoms with E-state index >= 15 is 0 Å². The van der Waals surface area contributed by atoms with Crippen LogP contribution in [0.5, 0.6) is 5.75 Å². The highest BCUT2D eigenvalue weighted by atomic mass is 32.2. The number of aromatic hydroxyl groups is 1. The van der Waals surface area contributed by atoms with E-state index in [2.05, 4.69) is 10.0 Å². The van der Waals surface area contributed by atoms with Crippen molar-refractivity contribution in [3.63, 3.8) is 0 Å². The van der Waals surface area contributed by atoms with Crippen LogP contribution in [-0.4, -0.2) is 39.2 Å². The molecule has 2 atom stereocenters. The molecule has 1 saturated heterocycles. The minimum absolute atomic E-state index is 0.146. The lowest BCUT2D eigenvalue weighted by molar-refractivity contribution is -0.122. The van der Waals surface area contributed by atoms with Gasteiger partial charge in [0.1, 0.15) is 10.6 Å². The van der Waals surface area contributed by atoms with Gasteiger partial charge in [-0.25, -0.2) is 13.1 Å². The second-order valence-electron chi connectivity index (χ2n) is 5.85. The maximum Gasteiger partial charge on any atom is 0.244 e. The normalized spacial score (nSPS) is 21.6. The average Bonchev–Trinajstić information content (AvgIpc) is 2.99. The average molecular weight is 342 g/mol. The van der Waals surface area contributed by atoms with Gasteiger partial charge in [0.15, 0.2) is 0 Å². The van der Waals surface area contributed by atoms with Crippen LogP contribution < -0.4 is 10.0 Å². The molecule has 1 aliphatic heterocycles. The van der Waals surface area contributed by atoms with Crippen molar-refractivity contribution in [2.24, 2.45) is 11.8 Å².